The molecule has 1 aliphatic heterocycles. The zero-order valence-corrected chi connectivity index (χ0v) is 10.3. The number of nitrogens with one attached hydrogen (secondary N) is 1. The largest absolute Gasteiger partial charge is 0.480 e. The normalized spacial score (nSPS) is 36.5. The highest BCUT2D eigenvalue weighted by molar-refractivity contribution is 5.83. The molecule has 2 aliphatic rings. The number of amides is 2. The number of likely N-dealkylation sites (tertiary alicyclic amines) is 1. The molecule has 0 aromatic carbocycles. The molecular weight excluding hydrogens is 220 g/mol. The Balaban J connectivity index is 1.96. The molecule has 1 aliphatic carbocycles. The summed E-state index contributed by atoms with van der Waals surface area (Å²) in [7, 11) is 0. The highest BCUT2D eigenvalue weighted by Gasteiger charge is 2.39. The number of carbonyl (C=O) groups is 2. The summed E-state index contributed by atoms with van der Waals surface area (Å²) in [6.07, 6.45) is 2.45. The van der Waals surface area contributed by atoms with Crippen molar-refractivity contribution in [3.05, 3.63) is 0 Å². The van der Waals surface area contributed by atoms with Crippen molar-refractivity contribution in [2.24, 2.45) is 11.8 Å². The van der Waals surface area contributed by atoms with Crippen LogP contribution < -0.4 is 5.32 Å². The van der Waals surface area contributed by atoms with E-state index in [0.717, 1.165) is 12.8 Å². The number of carbonyl (C=O) groups excluding carboxylic acids is 1. The Hall–Kier alpha value is -1.26. The topological polar surface area (TPSA) is 69.6 Å². The molecule has 0 spiro atoms. The highest BCUT2D eigenvalue weighted by atomic mass is 16.4. The van der Waals surface area contributed by atoms with E-state index in [9.17, 15) is 9.59 Å². The molecule has 5 nitrogen and oxygen atoms in total. The van der Waals surface area contributed by atoms with Gasteiger partial charge in [0.05, 0.1) is 0 Å². The first-order valence-electron chi connectivity index (χ1n) is 6.29. The third-order valence-corrected chi connectivity index (χ3v) is 3.83. The quantitative estimate of drug-likeness (QED) is 0.764. The van der Waals surface area contributed by atoms with Gasteiger partial charge in [-0.15, -0.1) is 0 Å². The molecule has 17 heavy (non-hydrogen) atoms. The molecule has 4 unspecified atom stereocenters. The molecule has 1 heterocycles. The first-order valence-corrected chi connectivity index (χ1v) is 6.29. The van der Waals surface area contributed by atoms with Crippen molar-refractivity contribution in [3.63, 3.8) is 0 Å². The van der Waals surface area contributed by atoms with Gasteiger partial charge >= 0.3 is 12.0 Å². The van der Waals surface area contributed by atoms with Crippen molar-refractivity contribution < 1.29 is 14.7 Å². The van der Waals surface area contributed by atoms with E-state index in [1.54, 1.807) is 0 Å². The minimum Gasteiger partial charge on any atom is -0.480 e. The fourth-order valence-corrected chi connectivity index (χ4v) is 2.38. The SMILES string of the molecule is CC1CCN(C(=O)NC2CC2C)C(C(=O)O)C1. The van der Waals surface area contributed by atoms with Gasteiger partial charge in [-0.05, 0) is 31.1 Å². The Morgan fingerprint density at radius 3 is 2.47 bits per heavy atom. The van der Waals surface area contributed by atoms with E-state index in [-0.39, 0.29) is 12.1 Å². The summed E-state index contributed by atoms with van der Waals surface area (Å²) in [5, 5.41) is 12.1. The predicted octanol–water partition coefficient (Wildman–Crippen LogP) is 1.29. The van der Waals surface area contributed by atoms with Crippen molar-refractivity contribution in [1.82, 2.24) is 10.2 Å². The summed E-state index contributed by atoms with van der Waals surface area (Å²) < 4.78 is 0. The highest BCUT2D eigenvalue weighted by Crippen LogP contribution is 2.30. The van der Waals surface area contributed by atoms with Crippen molar-refractivity contribution >= 4 is 12.0 Å². The van der Waals surface area contributed by atoms with Crippen molar-refractivity contribution in [1.29, 1.82) is 0 Å². The number of hydrogen-bond acceptors (Lipinski definition) is 2. The van der Waals surface area contributed by atoms with Crippen LogP contribution in [0.3, 0.4) is 0 Å². The Labute approximate surface area is 101 Å². The van der Waals surface area contributed by atoms with Crippen molar-refractivity contribution in [2.75, 3.05) is 6.54 Å². The van der Waals surface area contributed by atoms with Gasteiger partial charge in [0.25, 0.3) is 0 Å². The molecule has 2 amide bonds. The van der Waals surface area contributed by atoms with Crippen LogP contribution in [0.15, 0.2) is 0 Å². The zero-order chi connectivity index (χ0) is 12.6. The number of aliphatic carboxylic acids is 1. The number of nitrogens with zero attached hydrogens (tertiary/aromatic N) is 1. The van der Waals surface area contributed by atoms with Crippen LogP contribution in [0.1, 0.15) is 33.1 Å². The molecule has 2 N–H and O–H groups in total. The number of carboxylic acids is 1. The molecule has 0 aromatic rings. The summed E-state index contributed by atoms with van der Waals surface area (Å²) >= 11 is 0. The molecule has 1 saturated carbocycles. The van der Waals surface area contributed by atoms with Crippen LogP contribution in [0.2, 0.25) is 0 Å². The summed E-state index contributed by atoms with van der Waals surface area (Å²) in [5.41, 5.74) is 0. The molecule has 2 rings (SSSR count). The summed E-state index contributed by atoms with van der Waals surface area (Å²) in [4.78, 5) is 24.6. The van der Waals surface area contributed by atoms with Crippen LogP contribution in [-0.2, 0) is 4.79 Å². The summed E-state index contributed by atoms with van der Waals surface area (Å²) in [5.74, 6) is 0.0153. The average Bonchev–Trinajstić information content (AvgIpc) is 2.93. The first kappa shape index (κ1) is 12.2. The lowest BCUT2D eigenvalue weighted by Crippen LogP contribution is -2.53. The van der Waals surface area contributed by atoms with Gasteiger partial charge < -0.3 is 15.3 Å². The molecule has 0 aromatic heterocycles. The predicted molar refractivity (Wildman–Crippen MR) is 62.6 cm³/mol. The number of piperidine rings is 1. The third kappa shape index (κ3) is 2.70. The molecular formula is C12H20N2O3. The molecule has 0 bridgehead atoms. The van der Waals surface area contributed by atoms with Crippen LogP contribution in [0.4, 0.5) is 4.79 Å². The van der Waals surface area contributed by atoms with Crippen LogP contribution >= 0.6 is 0 Å². The Morgan fingerprint density at radius 2 is 1.94 bits per heavy atom. The van der Waals surface area contributed by atoms with E-state index in [4.69, 9.17) is 5.11 Å². The lowest BCUT2D eigenvalue weighted by molar-refractivity contribution is -0.143. The molecule has 2 fully saturated rings. The Kier molecular flexibility index (Phi) is 3.26. The Bertz CT molecular complexity index is 332. The second-order valence-corrected chi connectivity index (χ2v) is 5.45. The van der Waals surface area contributed by atoms with Gasteiger partial charge in [-0.1, -0.05) is 13.8 Å². The van der Waals surface area contributed by atoms with Crippen molar-refractivity contribution in [3.8, 4) is 0 Å². The third-order valence-electron chi connectivity index (χ3n) is 3.83. The maximum Gasteiger partial charge on any atom is 0.326 e. The molecule has 1 saturated heterocycles. The van der Waals surface area contributed by atoms with Crippen molar-refractivity contribution in [2.45, 2.75) is 45.2 Å². The van der Waals surface area contributed by atoms with Crippen LogP contribution in [0.5, 0.6) is 0 Å². The minimum atomic E-state index is -0.893. The number of rotatable bonds is 2. The van der Waals surface area contributed by atoms with Gasteiger partial charge in [0.15, 0.2) is 0 Å². The lowest BCUT2D eigenvalue weighted by Gasteiger charge is -2.35. The van der Waals surface area contributed by atoms with E-state index >= 15 is 0 Å². The molecule has 0 radical (unpaired) electrons. The van der Waals surface area contributed by atoms with Gasteiger partial charge in [0, 0.05) is 12.6 Å². The maximum absolute atomic E-state index is 12.0. The monoisotopic (exact) mass is 240 g/mol. The van der Waals surface area contributed by atoms with Gasteiger partial charge in [-0.2, -0.15) is 0 Å². The van der Waals surface area contributed by atoms with Crippen LogP contribution in [-0.4, -0.2) is 40.6 Å². The molecule has 4 atom stereocenters. The second kappa shape index (κ2) is 4.55. The Morgan fingerprint density at radius 1 is 1.29 bits per heavy atom. The molecule has 5 heteroatoms. The smallest absolute Gasteiger partial charge is 0.326 e. The maximum atomic E-state index is 12.0. The number of urea groups is 1. The van der Waals surface area contributed by atoms with Gasteiger partial charge in [-0.25, -0.2) is 9.59 Å². The van der Waals surface area contributed by atoms with Crippen LogP contribution in [0.25, 0.3) is 0 Å². The van der Waals surface area contributed by atoms with Gasteiger partial charge in [0.2, 0.25) is 0 Å². The van der Waals surface area contributed by atoms with E-state index < -0.39 is 12.0 Å². The average molecular weight is 240 g/mol. The summed E-state index contributed by atoms with van der Waals surface area (Å²) in [6, 6.07) is -0.622. The van der Waals surface area contributed by atoms with E-state index in [1.165, 1.54) is 4.90 Å². The van der Waals surface area contributed by atoms with Gasteiger partial charge in [-0.3, -0.25) is 0 Å². The zero-order valence-electron chi connectivity index (χ0n) is 10.3. The van der Waals surface area contributed by atoms with E-state index in [1.807, 2.05) is 6.92 Å². The van der Waals surface area contributed by atoms with E-state index in [2.05, 4.69) is 12.2 Å². The lowest BCUT2D eigenvalue weighted by atomic mass is 9.93. The number of hydrogen-bond donors (Lipinski definition) is 2. The fraction of sp³-hybridized carbons (Fsp3) is 0.833. The van der Waals surface area contributed by atoms with E-state index in [0.29, 0.717) is 24.8 Å². The first-order chi connectivity index (χ1) is 7.99. The minimum absolute atomic E-state index is 0.210. The second-order valence-electron chi connectivity index (χ2n) is 5.45. The molecule has 96 valence electrons. The van der Waals surface area contributed by atoms with Gasteiger partial charge in [0.1, 0.15) is 6.04 Å². The standard InChI is InChI=1S/C12H20N2O3/c1-7-3-4-14(10(5-7)11(15)16)12(17)13-9-6-8(9)2/h7-10H,3-6H2,1-2H3,(H,13,17)(H,15,16). The van der Waals surface area contributed by atoms with Crippen LogP contribution in [0, 0.1) is 11.8 Å². The fourth-order valence-electron chi connectivity index (χ4n) is 2.38. The summed E-state index contributed by atoms with van der Waals surface area (Å²) in [6.45, 7) is 4.66. The number of carboxylic acid groups (broad SMARTS) is 1.